The molecule has 0 unspecified atom stereocenters. The van der Waals surface area contributed by atoms with Crippen LogP contribution in [0.5, 0.6) is 0 Å². The predicted octanol–water partition coefficient (Wildman–Crippen LogP) is 0.134. The van der Waals surface area contributed by atoms with Crippen molar-refractivity contribution in [2.45, 2.75) is 56.9 Å². The zero-order valence-electron chi connectivity index (χ0n) is 14.0. The summed E-state index contributed by atoms with van der Waals surface area (Å²) < 4.78 is 10.6. The fraction of sp³-hybridized carbons (Fsp3) is 0.875. The second-order valence-corrected chi connectivity index (χ2v) is 6.61. The number of carbonyl (C=O) groups excluding carboxylic acids is 2. The normalized spacial score (nSPS) is 24.2. The molecule has 0 radical (unpaired) electrons. The fourth-order valence-electron chi connectivity index (χ4n) is 3.14. The van der Waals surface area contributed by atoms with Gasteiger partial charge in [0.2, 0.25) is 11.8 Å². The van der Waals surface area contributed by atoms with E-state index in [9.17, 15) is 9.59 Å². The molecule has 2 amide bonds. The fourth-order valence-corrected chi connectivity index (χ4v) is 3.14. The number of carbonyl (C=O) groups is 2. The first-order valence-corrected chi connectivity index (χ1v) is 8.44. The first-order chi connectivity index (χ1) is 11.0. The summed E-state index contributed by atoms with van der Waals surface area (Å²) in [7, 11) is 3.05. The van der Waals surface area contributed by atoms with Crippen LogP contribution in [0.3, 0.4) is 0 Å². The highest BCUT2D eigenvalue weighted by atomic mass is 16.7. The third-order valence-corrected chi connectivity index (χ3v) is 4.68. The number of amides is 2. The molecule has 2 rings (SSSR count). The largest absolute Gasteiger partial charge is 0.356 e. The van der Waals surface area contributed by atoms with Gasteiger partial charge in [0, 0.05) is 26.7 Å². The third kappa shape index (κ3) is 5.44. The van der Waals surface area contributed by atoms with E-state index in [-0.39, 0.29) is 17.7 Å². The molecule has 2 aliphatic rings. The maximum atomic E-state index is 12.3. The SMILES string of the molecule is COC(OC)[C@H](C[C@@H]1CCCNC1=O)NC(=O)[C@@H](N)CC1CC1. The van der Waals surface area contributed by atoms with Crippen LogP contribution < -0.4 is 16.4 Å². The van der Waals surface area contributed by atoms with Crippen molar-refractivity contribution in [3.05, 3.63) is 0 Å². The van der Waals surface area contributed by atoms with E-state index in [0.29, 0.717) is 18.8 Å². The Morgan fingerprint density at radius 2 is 2.00 bits per heavy atom. The van der Waals surface area contributed by atoms with Crippen molar-refractivity contribution in [3.63, 3.8) is 0 Å². The molecule has 1 aliphatic carbocycles. The van der Waals surface area contributed by atoms with Crippen LogP contribution in [0, 0.1) is 11.8 Å². The lowest BCUT2D eigenvalue weighted by atomic mass is 9.91. The van der Waals surface area contributed by atoms with Gasteiger partial charge < -0.3 is 25.8 Å². The van der Waals surface area contributed by atoms with Crippen LogP contribution in [0.2, 0.25) is 0 Å². The molecule has 0 aromatic rings. The van der Waals surface area contributed by atoms with Crippen LogP contribution in [0.25, 0.3) is 0 Å². The van der Waals surface area contributed by atoms with E-state index in [2.05, 4.69) is 10.6 Å². The van der Waals surface area contributed by atoms with Gasteiger partial charge in [-0.2, -0.15) is 0 Å². The summed E-state index contributed by atoms with van der Waals surface area (Å²) in [5.74, 6) is 0.279. The van der Waals surface area contributed by atoms with E-state index in [0.717, 1.165) is 32.2 Å². The molecule has 0 spiro atoms. The van der Waals surface area contributed by atoms with Crippen molar-refractivity contribution >= 4 is 11.8 Å². The summed E-state index contributed by atoms with van der Waals surface area (Å²) in [6, 6.07) is -0.906. The first-order valence-electron chi connectivity index (χ1n) is 8.44. The number of piperidine rings is 1. The number of hydrogen-bond acceptors (Lipinski definition) is 5. The highest BCUT2D eigenvalue weighted by Crippen LogP contribution is 2.33. The third-order valence-electron chi connectivity index (χ3n) is 4.68. The average molecular weight is 327 g/mol. The smallest absolute Gasteiger partial charge is 0.237 e. The van der Waals surface area contributed by atoms with Gasteiger partial charge in [-0.1, -0.05) is 12.8 Å². The Labute approximate surface area is 137 Å². The molecule has 2 fully saturated rings. The average Bonchev–Trinajstić information content (AvgIpc) is 3.34. The number of ether oxygens (including phenoxy) is 2. The Kier molecular flexibility index (Phi) is 6.80. The van der Waals surface area contributed by atoms with Crippen LogP contribution in [0.15, 0.2) is 0 Å². The molecular weight excluding hydrogens is 298 g/mol. The Morgan fingerprint density at radius 1 is 1.30 bits per heavy atom. The zero-order chi connectivity index (χ0) is 16.8. The quantitative estimate of drug-likeness (QED) is 0.523. The van der Waals surface area contributed by atoms with Gasteiger partial charge in [-0.25, -0.2) is 0 Å². The van der Waals surface area contributed by atoms with E-state index in [4.69, 9.17) is 15.2 Å². The van der Waals surface area contributed by atoms with Crippen molar-refractivity contribution < 1.29 is 19.1 Å². The summed E-state index contributed by atoms with van der Waals surface area (Å²) in [5, 5.41) is 5.79. The van der Waals surface area contributed by atoms with Gasteiger partial charge in [0.05, 0.1) is 12.1 Å². The first kappa shape index (κ1) is 18.2. The van der Waals surface area contributed by atoms with Crippen LogP contribution in [-0.2, 0) is 19.1 Å². The Hall–Kier alpha value is -1.18. The van der Waals surface area contributed by atoms with Crippen molar-refractivity contribution in [1.82, 2.24) is 10.6 Å². The maximum Gasteiger partial charge on any atom is 0.237 e. The maximum absolute atomic E-state index is 12.3. The van der Waals surface area contributed by atoms with E-state index in [1.165, 1.54) is 14.2 Å². The molecule has 7 heteroatoms. The topological polar surface area (TPSA) is 103 Å². The Balaban J connectivity index is 1.94. The number of hydrogen-bond donors (Lipinski definition) is 3. The van der Waals surface area contributed by atoms with Gasteiger partial charge in [-0.3, -0.25) is 9.59 Å². The standard InChI is InChI=1S/C16H29N3O4/c1-22-16(23-2)13(9-11-4-3-7-18-14(11)20)19-15(21)12(17)8-10-5-6-10/h10-13,16H,3-9,17H2,1-2H3,(H,18,20)(H,19,21)/t11-,12-,13-/m0/s1. The molecule has 0 bridgehead atoms. The van der Waals surface area contributed by atoms with Gasteiger partial charge in [0.1, 0.15) is 0 Å². The Morgan fingerprint density at radius 3 is 2.57 bits per heavy atom. The summed E-state index contributed by atoms with van der Waals surface area (Å²) in [6.07, 6.45) is 4.68. The molecule has 0 aromatic heterocycles. The summed E-state index contributed by atoms with van der Waals surface area (Å²) in [5.41, 5.74) is 5.98. The Bertz CT molecular complexity index is 410. The highest BCUT2D eigenvalue weighted by molar-refractivity contribution is 5.82. The van der Waals surface area contributed by atoms with Crippen molar-refractivity contribution in [2.75, 3.05) is 20.8 Å². The molecule has 3 atom stereocenters. The highest BCUT2D eigenvalue weighted by Gasteiger charge is 2.33. The van der Waals surface area contributed by atoms with E-state index >= 15 is 0 Å². The van der Waals surface area contributed by atoms with Crippen molar-refractivity contribution in [2.24, 2.45) is 17.6 Å². The molecule has 7 nitrogen and oxygen atoms in total. The molecule has 23 heavy (non-hydrogen) atoms. The monoisotopic (exact) mass is 327 g/mol. The van der Waals surface area contributed by atoms with E-state index in [1.54, 1.807) is 0 Å². The molecule has 1 saturated carbocycles. The lowest BCUT2D eigenvalue weighted by Gasteiger charge is -2.31. The van der Waals surface area contributed by atoms with Gasteiger partial charge >= 0.3 is 0 Å². The van der Waals surface area contributed by atoms with Gasteiger partial charge in [-0.15, -0.1) is 0 Å². The molecule has 1 heterocycles. The predicted molar refractivity (Wildman–Crippen MR) is 85.4 cm³/mol. The minimum Gasteiger partial charge on any atom is -0.356 e. The molecule has 132 valence electrons. The molecular formula is C16H29N3O4. The summed E-state index contributed by atoms with van der Waals surface area (Å²) in [4.78, 5) is 24.3. The number of nitrogens with two attached hydrogens (primary N) is 1. The minimum atomic E-state index is -0.596. The van der Waals surface area contributed by atoms with Crippen LogP contribution in [0.4, 0.5) is 0 Å². The molecule has 4 N–H and O–H groups in total. The van der Waals surface area contributed by atoms with Gasteiger partial charge in [0.25, 0.3) is 0 Å². The number of rotatable bonds is 9. The van der Waals surface area contributed by atoms with E-state index < -0.39 is 18.4 Å². The van der Waals surface area contributed by atoms with Gasteiger partial charge in [0.15, 0.2) is 6.29 Å². The molecule has 0 aromatic carbocycles. The van der Waals surface area contributed by atoms with Crippen LogP contribution >= 0.6 is 0 Å². The lowest BCUT2D eigenvalue weighted by molar-refractivity contribution is -0.144. The number of methoxy groups -OCH3 is 2. The van der Waals surface area contributed by atoms with Crippen molar-refractivity contribution in [1.29, 1.82) is 0 Å². The van der Waals surface area contributed by atoms with Crippen LogP contribution in [-0.4, -0.2) is 51.0 Å². The van der Waals surface area contributed by atoms with Crippen molar-refractivity contribution in [3.8, 4) is 0 Å². The van der Waals surface area contributed by atoms with Gasteiger partial charge in [-0.05, 0) is 31.6 Å². The summed E-state index contributed by atoms with van der Waals surface area (Å²) >= 11 is 0. The lowest BCUT2D eigenvalue weighted by Crippen LogP contribution is -2.52. The summed E-state index contributed by atoms with van der Waals surface area (Å²) in [6.45, 7) is 0.719. The minimum absolute atomic E-state index is 0.0312. The molecule has 1 aliphatic heterocycles. The number of nitrogens with one attached hydrogen (secondary N) is 2. The zero-order valence-corrected chi connectivity index (χ0v) is 14.0. The second-order valence-electron chi connectivity index (χ2n) is 6.61. The molecule has 1 saturated heterocycles. The van der Waals surface area contributed by atoms with E-state index in [1.807, 2.05) is 0 Å². The second kappa shape index (κ2) is 8.61. The van der Waals surface area contributed by atoms with Crippen LogP contribution in [0.1, 0.15) is 38.5 Å².